The van der Waals surface area contributed by atoms with Crippen molar-refractivity contribution in [2.75, 3.05) is 19.7 Å². The number of benzene rings is 1. The summed E-state index contributed by atoms with van der Waals surface area (Å²) < 4.78 is 5.08. The normalized spacial score (nSPS) is 16.5. The molecule has 0 saturated carbocycles. The second-order valence-corrected chi connectivity index (χ2v) is 6.61. The van der Waals surface area contributed by atoms with E-state index in [0.29, 0.717) is 19.7 Å². The summed E-state index contributed by atoms with van der Waals surface area (Å²) in [6.45, 7) is 3.56. The van der Waals surface area contributed by atoms with Crippen molar-refractivity contribution in [3.05, 3.63) is 60.7 Å². The molecule has 0 unspecified atom stereocenters. The molecular weight excluding hydrogens is 340 g/mol. The van der Waals surface area contributed by atoms with Gasteiger partial charge in [0, 0.05) is 36.3 Å². The van der Waals surface area contributed by atoms with E-state index in [0.717, 1.165) is 34.8 Å². The number of pyridine rings is 1. The van der Waals surface area contributed by atoms with Crippen molar-refractivity contribution in [2.24, 2.45) is 0 Å². The number of amides is 1. The molecule has 0 aliphatic carbocycles. The minimum atomic E-state index is -0.243. The van der Waals surface area contributed by atoms with Crippen molar-refractivity contribution in [3.63, 3.8) is 0 Å². The van der Waals surface area contributed by atoms with Crippen LogP contribution in [0.2, 0.25) is 0 Å². The maximum Gasteiger partial charge on any atom is 0.409 e. The Morgan fingerprint density at radius 2 is 2.00 bits per heavy atom. The van der Waals surface area contributed by atoms with E-state index in [2.05, 4.69) is 15.0 Å². The lowest BCUT2D eigenvalue weighted by Crippen LogP contribution is -2.29. The smallest absolute Gasteiger partial charge is 0.409 e. The first kappa shape index (κ1) is 17.3. The molecule has 4 rings (SSSR count). The van der Waals surface area contributed by atoms with E-state index < -0.39 is 0 Å². The molecule has 1 amide bonds. The van der Waals surface area contributed by atoms with Gasteiger partial charge >= 0.3 is 6.09 Å². The van der Waals surface area contributed by atoms with Gasteiger partial charge in [-0.2, -0.15) is 0 Å². The minimum absolute atomic E-state index is 0.208. The Balaban J connectivity index is 1.46. The van der Waals surface area contributed by atoms with Crippen LogP contribution in [0.3, 0.4) is 0 Å². The first-order valence-corrected chi connectivity index (χ1v) is 9.23. The number of carbonyl (C=O) groups is 1. The van der Waals surface area contributed by atoms with E-state index in [-0.39, 0.29) is 12.0 Å². The van der Waals surface area contributed by atoms with Crippen molar-refractivity contribution >= 4 is 6.09 Å². The lowest BCUT2D eigenvalue weighted by molar-refractivity contribution is 0.115. The van der Waals surface area contributed by atoms with Gasteiger partial charge in [-0.3, -0.25) is 4.98 Å². The fraction of sp³-hybridized carbons (Fsp3) is 0.286. The summed E-state index contributed by atoms with van der Waals surface area (Å²) in [6, 6.07) is 14.2. The van der Waals surface area contributed by atoms with Crippen LogP contribution in [0.5, 0.6) is 0 Å². The highest BCUT2D eigenvalue weighted by atomic mass is 16.6. The molecule has 27 heavy (non-hydrogen) atoms. The van der Waals surface area contributed by atoms with Crippen LogP contribution in [-0.2, 0) is 4.74 Å². The maximum absolute atomic E-state index is 11.9. The van der Waals surface area contributed by atoms with E-state index in [9.17, 15) is 4.79 Å². The van der Waals surface area contributed by atoms with E-state index in [1.807, 2.05) is 61.8 Å². The van der Waals surface area contributed by atoms with Crippen LogP contribution in [0.4, 0.5) is 4.79 Å². The fourth-order valence-electron chi connectivity index (χ4n) is 3.39. The van der Waals surface area contributed by atoms with Gasteiger partial charge in [0.1, 0.15) is 5.82 Å². The summed E-state index contributed by atoms with van der Waals surface area (Å²) in [7, 11) is 0. The zero-order valence-electron chi connectivity index (χ0n) is 15.3. The van der Waals surface area contributed by atoms with Crippen LogP contribution < -0.4 is 0 Å². The zero-order valence-corrected chi connectivity index (χ0v) is 15.3. The highest BCUT2D eigenvalue weighted by Crippen LogP contribution is 2.28. The monoisotopic (exact) mass is 362 g/mol. The average Bonchev–Trinajstić information content (AvgIpc) is 3.39. The SMILES string of the molecule is CCOC(=O)N1CC[C@H](c2ncc(-c3ccc(-c4ccccc4)nc3)[nH]2)C1. The molecule has 138 valence electrons. The number of aromatic amines is 1. The number of carbonyl (C=O) groups excluding carboxylic acids is 1. The quantitative estimate of drug-likeness (QED) is 0.759. The van der Waals surface area contributed by atoms with Crippen molar-refractivity contribution in [2.45, 2.75) is 19.3 Å². The number of hydrogen-bond donors (Lipinski definition) is 1. The molecule has 0 spiro atoms. The highest BCUT2D eigenvalue weighted by molar-refractivity contribution is 5.68. The molecule has 1 aliphatic rings. The molecule has 3 heterocycles. The van der Waals surface area contributed by atoms with Gasteiger partial charge in [-0.15, -0.1) is 0 Å². The Kier molecular flexibility index (Phi) is 4.87. The molecule has 1 saturated heterocycles. The van der Waals surface area contributed by atoms with Crippen LogP contribution in [0.1, 0.15) is 25.1 Å². The van der Waals surface area contributed by atoms with Crippen LogP contribution in [0, 0.1) is 0 Å². The van der Waals surface area contributed by atoms with Gasteiger partial charge in [-0.05, 0) is 25.5 Å². The predicted octanol–water partition coefficient (Wildman–Crippen LogP) is 4.08. The van der Waals surface area contributed by atoms with Crippen LogP contribution in [-0.4, -0.2) is 45.6 Å². The predicted molar refractivity (Wildman–Crippen MR) is 103 cm³/mol. The lowest BCUT2D eigenvalue weighted by Gasteiger charge is -2.14. The van der Waals surface area contributed by atoms with Gasteiger partial charge in [0.05, 0.1) is 24.2 Å². The molecule has 1 aliphatic heterocycles. The molecule has 6 heteroatoms. The number of nitrogens with one attached hydrogen (secondary N) is 1. The summed E-state index contributed by atoms with van der Waals surface area (Å²) in [4.78, 5) is 26.1. The van der Waals surface area contributed by atoms with E-state index in [4.69, 9.17) is 4.74 Å². The van der Waals surface area contributed by atoms with Crippen molar-refractivity contribution in [1.82, 2.24) is 19.9 Å². The number of H-pyrrole nitrogens is 1. The van der Waals surface area contributed by atoms with E-state index >= 15 is 0 Å². The van der Waals surface area contributed by atoms with Crippen molar-refractivity contribution in [1.29, 1.82) is 0 Å². The second kappa shape index (κ2) is 7.61. The molecule has 1 fully saturated rings. The van der Waals surface area contributed by atoms with Crippen molar-refractivity contribution < 1.29 is 9.53 Å². The summed E-state index contributed by atoms with van der Waals surface area (Å²) in [5.74, 6) is 1.11. The Morgan fingerprint density at radius 3 is 2.74 bits per heavy atom. The average molecular weight is 362 g/mol. The standard InChI is InChI=1S/C21H22N4O2/c1-2-27-21(26)25-11-10-17(14-25)20-23-13-19(24-20)16-8-9-18(22-12-16)15-6-4-3-5-7-15/h3-9,12-13,17H,2,10-11,14H2,1H3,(H,23,24)/t17-/m0/s1. The molecule has 1 aromatic carbocycles. The van der Waals surface area contributed by atoms with Crippen LogP contribution >= 0.6 is 0 Å². The molecule has 1 atom stereocenters. The topological polar surface area (TPSA) is 71.1 Å². The Morgan fingerprint density at radius 1 is 1.15 bits per heavy atom. The maximum atomic E-state index is 11.9. The highest BCUT2D eigenvalue weighted by Gasteiger charge is 2.29. The third-order valence-corrected chi connectivity index (χ3v) is 4.84. The van der Waals surface area contributed by atoms with Gasteiger partial charge in [-0.1, -0.05) is 30.3 Å². The molecular formula is C21H22N4O2. The number of nitrogens with zero attached hydrogens (tertiary/aromatic N) is 3. The number of rotatable bonds is 4. The Bertz CT molecular complexity index is 905. The van der Waals surface area contributed by atoms with Gasteiger partial charge < -0.3 is 14.6 Å². The number of imidazole rings is 1. The largest absolute Gasteiger partial charge is 0.450 e. The first-order valence-electron chi connectivity index (χ1n) is 9.23. The number of hydrogen-bond acceptors (Lipinski definition) is 4. The molecule has 2 aromatic heterocycles. The molecule has 0 bridgehead atoms. The van der Waals surface area contributed by atoms with E-state index in [1.165, 1.54) is 0 Å². The van der Waals surface area contributed by atoms with Gasteiger partial charge in [0.15, 0.2) is 0 Å². The second-order valence-electron chi connectivity index (χ2n) is 6.61. The number of aromatic nitrogens is 3. The summed E-state index contributed by atoms with van der Waals surface area (Å²) in [6.07, 6.45) is 4.34. The number of ether oxygens (including phenoxy) is 1. The van der Waals surface area contributed by atoms with Crippen LogP contribution in [0.15, 0.2) is 54.9 Å². The van der Waals surface area contributed by atoms with Gasteiger partial charge in [0.25, 0.3) is 0 Å². The zero-order chi connectivity index (χ0) is 18.6. The third-order valence-electron chi connectivity index (χ3n) is 4.84. The summed E-state index contributed by atoms with van der Waals surface area (Å²) in [5.41, 5.74) is 3.97. The van der Waals surface area contributed by atoms with E-state index in [1.54, 1.807) is 4.90 Å². The molecule has 6 nitrogen and oxygen atoms in total. The molecule has 3 aromatic rings. The third kappa shape index (κ3) is 3.69. The van der Waals surface area contributed by atoms with Crippen molar-refractivity contribution in [3.8, 4) is 22.5 Å². The summed E-state index contributed by atoms with van der Waals surface area (Å²) in [5, 5.41) is 0. The van der Waals surface area contributed by atoms with Gasteiger partial charge in [-0.25, -0.2) is 9.78 Å². The molecule has 1 N–H and O–H groups in total. The number of likely N-dealkylation sites (tertiary alicyclic amines) is 1. The minimum Gasteiger partial charge on any atom is -0.450 e. The van der Waals surface area contributed by atoms with Crippen LogP contribution in [0.25, 0.3) is 22.5 Å². The fourth-order valence-corrected chi connectivity index (χ4v) is 3.39. The van der Waals surface area contributed by atoms with Gasteiger partial charge in [0.2, 0.25) is 0 Å². The summed E-state index contributed by atoms with van der Waals surface area (Å²) >= 11 is 0. The Labute approximate surface area is 158 Å². The lowest BCUT2D eigenvalue weighted by atomic mass is 10.1. The Hall–Kier alpha value is -3.15. The molecule has 0 radical (unpaired) electrons. The first-order chi connectivity index (χ1) is 13.2.